The number of thioether (sulfide) groups is 1. The van der Waals surface area contributed by atoms with E-state index in [2.05, 4.69) is 101 Å². The fourth-order valence-corrected chi connectivity index (χ4v) is 11.3. The summed E-state index contributed by atoms with van der Waals surface area (Å²) in [5.74, 6) is 14.3. The van der Waals surface area contributed by atoms with Gasteiger partial charge in [-0.3, -0.25) is 49.7 Å². The number of rotatable bonds is 33. The molecule has 1 aliphatic rings. The van der Waals surface area contributed by atoms with Gasteiger partial charge >= 0.3 is 0 Å². The Hall–Kier alpha value is -1.72. The molecule has 3 amide bonds. The first-order chi connectivity index (χ1) is 38.8. The van der Waals surface area contributed by atoms with Crippen molar-refractivity contribution in [3.05, 3.63) is 0 Å². The molecule has 0 unspecified atom stereocenters. The number of thiol groups is 3. The van der Waals surface area contributed by atoms with Gasteiger partial charge in [-0.1, -0.05) is 64.8 Å². The van der Waals surface area contributed by atoms with Gasteiger partial charge in [0.1, 0.15) is 0 Å². The van der Waals surface area contributed by atoms with Crippen LogP contribution in [0.1, 0.15) is 111 Å². The van der Waals surface area contributed by atoms with Crippen LogP contribution in [0, 0.1) is 5.41 Å². The van der Waals surface area contributed by atoms with E-state index < -0.39 is 0 Å². The molecule has 1 aliphatic heterocycles. The lowest BCUT2D eigenvalue weighted by molar-refractivity contribution is -0.119. The van der Waals surface area contributed by atoms with E-state index in [0.29, 0.717) is 0 Å². The highest BCUT2D eigenvalue weighted by Gasteiger charge is 2.04. The third-order valence-electron chi connectivity index (χ3n) is 8.23. The first-order valence-electron chi connectivity index (χ1n) is 26.3. The van der Waals surface area contributed by atoms with Gasteiger partial charge < -0.3 is 67.6 Å². The molecule has 1 saturated heterocycles. The topological polar surface area (TPSA) is 419 Å². The molecule has 0 aromatic carbocycles. The second-order valence-electron chi connectivity index (χ2n) is 14.8. The van der Waals surface area contributed by atoms with E-state index in [4.69, 9.17) is 39.8 Å². The Kier molecular flexibility index (Phi) is 112. The molecule has 22 nitrogen and oxygen atoms in total. The van der Waals surface area contributed by atoms with Crippen molar-refractivity contribution in [1.29, 1.82) is 5.41 Å². The molecule has 484 valence electrons. The lowest BCUT2D eigenvalue weighted by Gasteiger charge is -2.02. The monoisotopic (exact) mass is 1340 g/mol. The normalized spacial score (nSPS) is 11.8. The van der Waals surface area contributed by atoms with Crippen molar-refractivity contribution in [3.63, 3.8) is 0 Å². The largest absolute Gasteiger partial charge is 0.387 e. The van der Waals surface area contributed by atoms with E-state index in [1.807, 2.05) is 32.4 Å². The van der Waals surface area contributed by atoms with Crippen molar-refractivity contribution in [2.45, 2.75) is 111 Å². The summed E-state index contributed by atoms with van der Waals surface area (Å²) in [7, 11) is 25.5. The average Bonchev–Trinajstić information content (AvgIpc) is 3.97. The molecule has 1 rings (SSSR count). The van der Waals surface area contributed by atoms with Crippen LogP contribution < -0.4 is 67.6 Å². The molecule has 0 radical (unpaired) electrons. The fraction of sp³-hybridized carbons (Fsp3) is 0.796. The van der Waals surface area contributed by atoms with Gasteiger partial charge in [0.25, 0.3) is 0 Å². The first-order valence-corrected chi connectivity index (χ1v) is 36.7. The average molecular weight is 1340 g/mol. The van der Waals surface area contributed by atoms with Crippen molar-refractivity contribution >= 4 is 172 Å². The molecule has 0 spiro atoms. The van der Waals surface area contributed by atoms with Crippen LogP contribution in [0.3, 0.4) is 0 Å². The van der Waals surface area contributed by atoms with Crippen LogP contribution in [0.4, 0.5) is 0 Å². The molecule has 22 N–H and O–H groups in total. The van der Waals surface area contributed by atoms with Crippen molar-refractivity contribution in [2.24, 2.45) is 81.6 Å². The van der Waals surface area contributed by atoms with E-state index in [1.54, 1.807) is 86.4 Å². The van der Waals surface area contributed by atoms with Crippen LogP contribution in [0.5, 0.6) is 0 Å². The Morgan fingerprint density at radius 1 is 0.432 bits per heavy atom. The van der Waals surface area contributed by atoms with Crippen LogP contribution in [-0.2, 0) is 14.4 Å². The van der Waals surface area contributed by atoms with Gasteiger partial charge in [-0.25, -0.2) is 0 Å². The zero-order chi connectivity index (χ0) is 64.2. The summed E-state index contributed by atoms with van der Waals surface area (Å²) in [5.41, 5.74) is 46.3. The molecular formula is C49H115N19O3S10. The Labute approximate surface area is 536 Å². The predicted octanol–water partition coefficient (Wildman–Crippen LogP) is 6.08. The molecule has 81 heavy (non-hydrogen) atoms. The van der Waals surface area contributed by atoms with Crippen LogP contribution in [-0.4, -0.2) is 198 Å². The number of hydrogen-bond acceptors (Lipinski definition) is 23. The number of hydrogen-bond donors (Lipinski definition) is 16. The number of nitrogens with zero attached hydrogens (tertiary/aromatic N) is 6. The van der Waals surface area contributed by atoms with Crippen molar-refractivity contribution in [1.82, 2.24) is 16.0 Å². The lowest BCUT2D eigenvalue weighted by atomic mass is 10.3. The minimum Gasteiger partial charge on any atom is -0.387 e. The SMILES string of the molecule is CN.CN.CN.CN=C(N)CCCS.CN=C(N)CCCS.CN=C(N)CCCS.CN=C(N)CCCSSCCNC(C)=O.CN=C(N)CCCSSCCNC(C)=O.CN=C(N)CCCSSCCNC(C)=O.N=C1CCCS1. The summed E-state index contributed by atoms with van der Waals surface area (Å²) in [6, 6.07) is 0. The van der Waals surface area contributed by atoms with Crippen LogP contribution in [0.25, 0.3) is 0 Å². The standard InChI is InChI=1S/3C9H19N3OS2.3C5H12N2S.C4H7NS.3CH5N/c3*1-8(13)12-5-7-15-14-6-3-4-9(10)11-2;3*1-7-5(6)3-2-4-8;5-4-2-1-3-6-4;3*1-2/h3*3-7H2,1-2H3,(H2,10,11)(H,12,13);3*8H,2-4H2,1H3,(H2,6,7);5H,1-3H2;3*2H2,1H3. The number of amides is 3. The number of carbonyl (C=O) groups is 3. The molecule has 1 heterocycles. The highest BCUT2D eigenvalue weighted by Crippen LogP contribution is 2.23. The van der Waals surface area contributed by atoms with Crippen LogP contribution >= 0.6 is 114 Å². The summed E-state index contributed by atoms with van der Waals surface area (Å²) in [6.07, 6.45) is 13.7. The predicted molar refractivity (Wildman–Crippen MR) is 393 cm³/mol. The second kappa shape index (κ2) is 92.0. The van der Waals surface area contributed by atoms with Crippen molar-refractivity contribution in [2.75, 3.05) is 141 Å². The van der Waals surface area contributed by atoms with Gasteiger partial charge in [0, 0.05) is 156 Å². The molecule has 1 fully saturated rings. The summed E-state index contributed by atoms with van der Waals surface area (Å²) in [5, 5.41) is 16.1. The highest BCUT2D eigenvalue weighted by atomic mass is 33.1. The molecule has 0 saturated carbocycles. The molecule has 0 aliphatic carbocycles. The zero-order valence-corrected chi connectivity index (χ0v) is 59.8. The molecule has 0 atom stereocenters. The van der Waals surface area contributed by atoms with E-state index in [0.717, 1.165) is 195 Å². The Balaban J connectivity index is -0.000000107. The zero-order valence-electron chi connectivity index (χ0n) is 51.4. The Morgan fingerprint density at radius 3 is 0.790 bits per heavy atom. The minimum absolute atomic E-state index is 0.0348. The molecule has 32 heteroatoms. The third kappa shape index (κ3) is 117. The maximum absolute atomic E-state index is 10.5. The Bertz CT molecular complexity index is 1380. The van der Waals surface area contributed by atoms with Gasteiger partial charge in [-0.05, 0) is 95.5 Å². The van der Waals surface area contributed by atoms with Gasteiger partial charge in [0.15, 0.2) is 0 Å². The van der Waals surface area contributed by atoms with Gasteiger partial charge in [-0.15, -0.1) is 11.8 Å². The van der Waals surface area contributed by atoms with E-state index in [9.17, 15) is 14.4 Å². The van der Waals surface area contributed by atoms with Gasteiger partial charge in [0.05, 0.1) is 40.1 Å². The summed E-state index contributed by atoms with van der Waals surface area (Å²) in [4.78, 5) is 54.6. The molecular weight excluding hydrogens is 1220 g/mol. The van der Waals surface area contributed by atoms with Crippen molar-refractivity contribution < 1.29 is 14.4 Å². The van der Waals surface area contributed by atoms with Gasteiger partial charge in [-0.2, -0.15) is 37.9 Å². The molecule has 0 bridgehead atoms. The summed E-state index contributed by atoms with van der Waals surface area (Å²) < 4.78 is 0. The minimum atomic E-state index is 0.0348. The highest BCUT2D eigenvalue weighted by molar-refractivity contribution is 8.77. The second-order valence-corrected chi connectivity index (χ2v) is 25.5. The fourth-order valence-electron chi connectivity index (χ4n) is 4.05. The quantitative estimate of drug-likeness (QED) is 0.0116. The smallest absolute Gasteiger partial charge is 0.216 e. The number of carbonyl (C=O) groups excluding carboxylic acids is 3. The third-order valence-corrected chi connectivity index (χ3v) is 17.7. The van der Waals surface area contributed by atoms with Crippen LogP contribution in [0.15, 0.2) is 30.0 Å². The Morgan fingerprint density at radius 2 is 0.642 bits per heavy atom. The lowest BCUT2D eigenvalue weighted by Crippen LogP contribution is -2.22. The summed E-state index contributed by atoms with van der Waals surface area (Å²) in [6.45, 7) is 6.82. The van der Waals surface area contributed by atoms with E-state index >= 15 is 0 Å². The van der Waals surface area contributed by atoms with Crippen LogP contribution in [0.2, 0.25) is 0 Å². The van der Waals surface area contributed by atoms with Crippen molar-refractivity contribution in [3.8, 4) is 0 Å². The first kappa shape index (κ1) is 98.4. The number of amidine groups is 6. The number of nitrogens with two attached hydrogens (primary N) is 9. The number of aliphatic imine (C=N–C) groups is 6. The molecule has 0 aromatic heterocycles. The van der Waals surface area contributed by atoms with Gasteiger partial charge in [0.2, 0.25) is 17.7 Å². The molecule has 0 aromatic rings. The summed E-state index contributed by atoms with van der Waals surface area (Å²) >= 11 is 13.8. The maximum Gasteiger partial charge on any atom is 0.216 e. The number of nitrogens with one attached hydrogen (secondary N) is 4. The van der Waals surface area contributed by atoms with E-state index in [-0.39, 0.29) is 17.7 Å². The maximum atomic E-state index is 10.5. The van der Waals surface area contributed by atoms with E-state index in [1.165, 1.54) is 54.1 Å².